The van der Waals surface area contributed by atoms with Gasteiger partial charge < -0.3 is 10.4 Å². The second-order valence-corrected chi connectivity index (χ2v) is 4.34. The van der Waals surface area contributed by atoms with Gasteiger partial charge in [0, 0.05) is 23.1 Å². The third-order valence-electron chi connectivity index (χ3n) is 2.15. The van der Waals surface area contributed by atoms with E-state index in [1.165, 1.54) is 0 Å². The van der Waals surface area contributed by atoms with Crippen molar-refractivity contribution in [2.45, 2.75) is 13.0 Å². The molecule has 0 spiro atoms. The lowest BCUT2D eigenvalue weighted by molar-refractivity contribution is -0.131. The van der Waals surface area contributed by atoms with Crippen LogP contribution in [0.3, 0.4) is 0 Å². The van der Waals surface area contributed by atoms with E-state index in [2.05, 4.69) is 21.2 Å². The molecule has 0 fully saturated rings. The summed E-state index contributed by atoms with van der Waals surface area (Å²) in [6, 6.07) is 8.21. The minimum absolute atomic E-state index is 0.191. The number of aliphatic carboxylic acids is 1. The Bertz CT molecular complexity index is 390. The zero-order valence-electron chi connectivity index (χ0n) is 8.98. The maximum absolute atomic E-state index is 10.2. The molecule has 0 amide bonds. The predicted molar refractivity (Wildman–Crippen MR) is 67.3 cm³/mol. The molecule has 0 aliphatic heterocycles. The van der Waals surface area contributed by atoms with Gasteiger partial charge in [0.25, 0.3) is 0 Å². The van der Waals surface area contributed by atoms with Crippen molar-refractivity contribution in [2.75, 3.05) is 6.54 Å². The molecule has 0 saturated heterocycles. The Balaban J connectivity index is 2.46. The molecule has 0 bridgehead atoms. The quantitative estimate of drug-likeness (QED) is 0.817. The fraction of sp³-hybridized carbons (Fsp3) is 0.250. The number of hydrogen-bond acceptors (Lipinski definition) is 2. The van der Waals surface area contributed by atoms with Crippen molar-refractivity contribution in [3.05, 3.63) is 46.5 Å². The summed E-state index contributed by atoms with van der Waals surface area (Å²) in [4.78, 5) is 10.2. The van der Waals surface area contributed by atoms with Crippen molar-refractivity contribution in [2.24, 2.45) is 0 Å². The summed E-state index contributed by atoms with van der Waals surface area (Å²) < 4.78 is 1.04. The minimum atomic E-state index is -0.920. The highest BCUT2D eigenvalue weighted by Crippen LogP contribution is 2.17. The highest BCUT2D eigenvalue weighted by atomic mass is 79.9. The Kier molecular flexibility index (Phi) is 5.22. The third-order valence-corrected chi connectivity index (χ3v) is 2.64. The van der Waals surface area contributed by atoms with Crippen molar-refractivity contribution in [1.29, 1.82) is 0 Å². The van der Waals surface area contributed by atoms with Crippen LogP contribution in [0.5, 0.6) is 0 Å². The number of hydrogen-bond donors (Lipinski definition) is 2. The number of halogens is 1. The molecule has 0 saturated carbocycles. The number of benzene rings is 1. The van der Waals surface area contributed by atoms with Gasteiger partial charge in [-0.05, 0) is 24.6 Å². The number of rotatable bonds is 5. The van der Waals surface area contributed by atoms with Crippen molar-refractivity contribution in [3.8, 4) is 0 Å². The molecule has 2 N–H and O–H groups in total. The van der Waals surface area contributed by atoms with Crippen LogP contribution in [0.1, 0.15) is 18.5 Å². The van der Waals surface area contributed by atoms with Gasteiger partial charge in [0.05, 0.1) is 0 Å². The van der Waals surface area contributed by atoms with Crippen molar-refractivity contribution < 1.29 is 9.90 Å². The normalized spacial score (nSPS) is 12.9. The van der Waals surface area contributed by atoms with Crippen LogP contribution in [-0.2, 0) is 4.79 Å². The fourth-order valence-corrected chi connectivity index (χ4v) is 1.72. The van der Waals surface area contributed by atoms with Gasteiger partial charge in [0.2, 0.25) is 0 Å². The van der Waals surface area contributed by atoms with E-state index in [9.17, 15) is 4.79 Å². The zero-order valence-corrected chi connectivity index (χ0v) is 10.6. The molecule has 0 aliphatic rings. The summed E-state index contributed by atoms with van der Waals surface area (Å²) in [5, 5.41) is 11.6. The van der Waals surface area contributed by atoms with E-state index in [4.69, 9.17) is 5.11 Å². The van der Waals surface area contributed by atoms with E-state index in [-0.39, 0.29) is 6.04 Å². The molecule has 1 aromatic rings. The van der Waals surface area contributed by atoms with Crippen LogP contribution in [0.2, 0.25) is 0 Å². The molecular weight excluding hydrogens is 270 g/mol. The lowest BCUT2D eigenvalue weighted by Crippen LogP contribution is -2.18. The second kappa shape index (κ2) is 6.45. The van der Waals surface area contributed by atoms with Crippen LogP contribution in [0.15, 0.2) is 40.9 Å². The van der Waals surface area contributed by atoms with Crippen LogP contribution in [-0.4, -0.2) is 17.6 Å². The van der Waals surface area contributed by atoms with Crippen molar-refractivity contribution in [3.63, 3.8) is 0 Å². The fourth-order valence-electron chi connectivity index (χ4n) is 1.30. The first-order valence-corrected chi connectivity index (χ1v) is 5.77. The molecular formula is C12H14BrNO2. The Morgan fingerprint density at radius 3 is 3.00 bits per heavy atom. The average molecular weight is 284 g/mol. The van der Waals surface area contributed by atoms with Crippen molar-refractivity contribution >= 4 is 21.9 Å². The van der Waals surface area contributed by atoms with Gasteiger partial charge >= 0.3 is 5.97 Å². The third kappa shape index (κ3) is 4.59. The monoisotopic (exact) mass is 283 g/mol. The van der Waals surface area contributed by atoms with Crippen LogP contribution < -0.4 is 5.32 Å². The summed E-state index contributed by atoms with van der Waals surface area (Å²) in [5.41, 5.74) is 1.16. The molecule has 3 nitrogen and oxygen atoms in total. The topological polar surface area (TPSA) is 49.3 Å². The summed E-state index contributed by atoms with van der Waals surface area (Å²) in [5.74, 6) is -0.920. The Labute approximate surface area is 103 Å². The van der Waals surface area contributed by atoms with E-state index in [1.54, 1.807) is 6.08 Å². The lowest BCUT2D eigenvalue weighted by atomic mass is 10.1. The number of carbonyl (C=O) groups is 1. The smallest absolute Gasteiger partial charge is 0.328 e. The maximum atomic E-state index is 10.2. The van der Waals surface area contributed by atoms with E-state index < -0.39 is 5.97 Å². The van der Waals surface area contributed by atoms with E-state index >= 15 is 0 Å². The minimum Gasteiger partial charge on any atom is -0.478 e. The highest BCUT2D eigenvalue weighted by molar-refractivity contribution is 9.10. The van der Waals surface area contributed by atoms with Gasteiger partial charge in [0.1, 0.15) is 0 Å². The molecule has 0 aliphatic carbocycles. The van der Waals surface area contributed by atoms with Gasteiger partial charge in [-0.2, -0.15) is 0 Å². The average Bonchev–Trinajstić information content (AvgIpc) is 2.24. The molecule has 0 radical (unpaired) electrons. The molecule has 0 heterocycles. The van der Waals surface area contributed by atoms with Gasteiger partial charge in [-0.25, -0.2) is 4.79 Å². The summed E-state index contributed by atoms with van der Waals surface area (Å²) in [6.07, 6.45) is 2.73. The number of carboxylic acids is 1. The van der Waals surface area contributed by atoms with Crippen LogP contribution >= 0.6 is 15.9 Å². The molecule has 1 aromatic carbocycles. The molecule has 4 heteroatoms. The molecule has 1 unspecified atom stereocenters. The molecule has 1 rings (SSSR count). The summed E-state index contributed by atoms with van der Waals surface area (Å²) >= 11 is 3.41. The van der Waals surface area contributed by atoms with Gasteiger partial charge in [-0.15, -0.1) is 0 Å². The predicted octanol–water partition coefficient (Wildman–Crippen LogP) is 2.74. The van der Waals surface area contributed by atoms with Crippen LogP contribution in [0.25, 0.3) is 0 Å². The first kappa shape index (κ1) is 12.9. The van der Waals surface area contributed by atoms with E-state index in [0.717, 1.165) is 16.1 Å². The largest absolute Gasteiger partial charge is 0.478 e. The van der Waals surface area contributed by atoms with E-state index in [0.29, 0.717) is 6.54 Å². The van der Waals surface area contributed by atoms with Crippen LogP contribution in [0.4, 0.5) is 0 Å². The van der Waals surface area contributed by atoms with Crippen molar-refractivity contribution in [1.82, 2.24) is 5.32 Å². The first-order valence-electron chi connectivity index (χ1n) is 4.98. The van der Waals surface area contributed by atoms with Gasteiger partial charge in [0.15, 0.2) is 0 Å². The first-order chi connectivity index (χ1) is 7.59. The SMILES string of the molecule is CC(NC/C=C/C(=O)O)c1cccc(Br)c1. The molecule has 86 valence electrons. The summed E-state index contributed by atoms with van der Waals surface area (Å²) in [7, 11) is 0. The number of nitrogens with one attached hydrogen (secondary N) is 1. The highest BCUT2D eigenvalue weighted by Gasteiger charge is 2.03. The molecule has 1 atom stereocenters. The molecule has 16 heavy (non-hydrogen) atoms. The second-order valence-electron chi connectivity index (χ2n) is 3.43. The van der Waals surface area contributed by atoms with Crippen LogP contribution in [0, 0.1) is 0 Å². The Morgan fingerprint density at radius 1 is 1.62 bits per heavy atom. The maximum Gasteiger partial charge on any atom is 0.328 e. The Hall–Kier alpha value is -1.13. The number of carboxylic acid groups (broad SMARTS) is 1. The molecule has 0 aromatic heterocycles. The Morgan fingerprint density at radius 2 is 2.38 bits per heavy atom. The standard InChI is InChI=1S/C12H14BrNO2/c1-9(14-7-3-6-12(15)16)10-4-2-5-11(13)8-10/h2-6,8-9,14H,7H2,1H3,(H,15,16)/b6-3+. The van der Waals surface area contributed by atoms with E-state index in [1.807, 2.05) is 31.2 Å². The van der Waals surface area contributed by atoms with Gasteiger partial charge in [-0.3, -0.25) is 0 Å². The lowest BCUT2D eigenvalue weighted by Gasteiger charge is -2.12. The van der Waals surface area contributed by atoms with Gasteiger partial charge in [-0.1, -0.05) is 34.1 Å². The zero-order chi connectivity index (χ0) is 12.0. The summed E-state index contributed by atoms with van der Waals surface area (Å²) in [6.45, 7) is 2.58.